The van der Waals surface area contributed by atoms with Gasteiger partial charge in [0.1, 0.15) is 22.0 Å². The van der Waals surface area contributed by atoms with E-state index in [1.54, 1.807) is 24.4 Å². The molecule has 5 heterocycles. The van der Waals surface area contributed by atoms with Gasteiger partial charge in [-0.15, -0.1) is 0 Å². The Morgan fingerprint density at radius 2 is 1.74 bits per heavy atom. The summed E-state index contributed by atoms with van der Waals surface area (Å²) in [4.78, 5) is 41.7. The number of amides is 1. The van der Waals surface area contributed by atoms with Crippen molar-refractivity contribution in [2.45, 2.75) is 108 Å². The number of carbonyl (C=O) groups excluding carboxylic acids is 1. The van der Waals surface area contributed by atoms with E-state index in [-0.39, 0.29) is 33.5 Å². The van der Waals surface area contributed by atoms with Gasteiger partial charge < -0.3 is 24.7 Å². The Bertz CT molecular complexity index is 2710. The normalized spacial score (nSPS) is 21.5. The zero-order valence-corrected chi connectivity index (χ0v) is 39.5. The molecule has 66 heavy (non-hydrogen) atoms. The Balaban J connectivity index is 0.904. The maximum absolute atomic E-state index is 14.0. The molecule has 15 nitrogen and oxygen atoms in total. The third-order valence-electron chi connectivity index (χ3n) is 15.0. The summed E-state index contributed by atoms with van der Waals surface area (Å²) in [6.45, 7) is 15.8. The molecule has 4 fully saturated rings. The molecule has 1 amide bonds. The zero-order valence-electron chi connectivity index (χ0n) is 38.6. The first-order chi connectivity index (χ1) is 31.5. The fourth-order valence-electron chi connectivity index (χ4n) is 11.0. The second-order valence-corrected chi connectivity index (χ2v) is 22.1. The molecule has 2 saturated heterocycles. The van der Waals surface area contributed by atoms with Crippen molar-refractivity contribution in [1.82, 2.24) is 24.6 Å². The van der Waals surface area contributed by atoms with E-state index in [1.165, 1.54) is 17.3 Å². The smallest absolute Gasteiger partial charge is 0.312 e. The van der Waals surface area contributed by atoms with E-state index in [9.17, 15) is 23.3 Å². The van der Waals surface area contributed by atoms with Crippen LogP contribution in [0.1, 0.15) is 113 Å². The fourth-order valence-corrected chi connectivity index (χ4v) is 11.9. The number of benzene rings is 2. The molecule has 1 atom stereocenters. The summed E-state index contributed by atoms with van der Waals surface area (Å²) >= 11 is 0. The third-order valence-corrected chi connectivity index (χ3v) is 16.3. The lowest BCUT2D eigenvalue weighted by Gasteiger charge is -2.60. The average molecular weight is 919 g/mol. The van der Waals surface area contributed by atoms with E-state index >= 15 is 0 Å². The number of hydrogen-bond donors (Lipinski definition) is 3. The van der Waals surface area contributed by atoms with Gasteiger partial charge in [-0.2, -0.15) is 0 Å². The number of H-pyrrole nitrogens is 1. The van der Waals surface area contributed by atoms with Crippen LogP contribution >= 0.6 is 0 Å². The number of fused-ring (bicyclic) bond motifs is 1. The molecule has 9 rings (SSSR count). The first-order valence-corrected chi connectivity index (χ1v) is 24.9. The number of sulfonamides is 1. The van der Waals surface area contributed by atoms with E-state index in [1.807, 2.05) is 12.1 Å². The first-order valence-electron chi connectivity index (χ1n) is 23.4. The van der Waals surface area contributed by atoms with Crippen molar-refractivity contribution in [3.63, 3.8) is 0 Å². The van der Waals surface area contributed by atoms with Crippen LogP contribution in [0.25, 0.3) is 11.0 Å². The number of nitro groups is 1. The van der Waals surface area contributed by atoms with Gasteiger partial charge in [0.25, 0.3) is 15.9 Å². The van der Waals surface area contributed by atoms with Crippen LogP contribution in [0.15, 0.2) is 84.1 Å². The van der Waals surface area contributed by atoms with E-state index < -0.39 is 31.4 Å². The Morgan fingerprint density at radius 1 is 0.985 bits per heavy atom. The first kappa shape index (κ1) is 45.6. The summed E-state index contributed by atoms with van der Waals surface area (Å²) in [5.74, 6) is 0.271. The summed E-state index contributed by atoms with van der Waals surface area (Å²) < 4.78 is 42.1. The number of morpholine rings is 1. The molecular formula is C50H62N8O7S. The molecule has 0 radical (unpaired) electrons. The molecule has 0 bridgehead atoms. The number of ether oxygens (including phenoxy) is 2. The number of aromatic amines is 1. The Kier molecular flexibility index (Phi) is 12.4. The van der Waals surface area contributed by atoms with Gasteiger partial charge in [-0.05, 0) is 116 Å². The van der Waals surface area contributed by atoms with E-state index in [0.29, 0.717) is 42.4 Å². The molecule has 2 aromatic carbocycles. The predicted octanol–water partition coefficient (Wildman–Crippen LogP) is 9.53. The Morgan fingerprint density at radius 3 is 2.48 bits per heavy atom. The monoisotopic (exact) mass is 918 g/mol. The number of carbonyl (C=O) groups is 1. The van der Waals surface area contributed by atoms with Gasteiger partial charge in [0, 0.05) is 61.6 Å². The van der Waals surface area contributed by atoms with Crippen LogP contribution in [-0.4, -0.2) is 84.5 Å². The van der Waals surface area contributed by atoms with Crippen LogP contribution in [0.2, 0.25) is 0 Å². The number of nitrogens with one attached hydrogen (secondary N) is 3. The van der Waals surface area contributed by atoms with Crippen LogP contribution < -0.4 is 19.7 Å². The largest absolute Gasteiger partial charge is 0.455 e. The van der Waals surface area contributed by atoms with Crippen LogP contribution in [0.3, 0.4) is 0 Å². The molecule has 1 spiro atoms. The summed E-state index contributed by atoms with van der Waals surface area (Å²) in [6.07, 6.45) is 12.7. The van der Waals surface area contributed by atoms with Gasteiger partial charge in [-0.25, -0.2) is 23.1 Å². The van der Waals surface area contributed by atoms with Crippen molar-refractivity contribution in [3.8, 4) is 11.5 Å². The number of hydrogen-bond acceptors (Lipinski definition) is 12. The van der Waals surface area contributed by atoms with Gasteiger partial charge in [0.2, 0.25) is 5.82 Å². The van der Waals surface area contributed by atoms with Crippen molar-refractivity contribution in [1.29, 1.82) is 0 Å². The average Bonchev–Trinajstić information content (AvgIpc) is 3.76. The topological polar surface area (TPSA) is 185 Å². The van der Waals surface area contributed by atoms with E-state index in [0.717, 1.165) is 101 Å². The molecule has 16 heteroatoms. The minimum absolute atomic E-state index is 0.0153. The molecule has 2 aliphatic heterocycles. The van der Waals surface area contributed by atoms with Gasteiger partial charge in [0.05, 0.1) is 41.6 Å². The lowest BCUT2D eigenvalue weighted by molar-refractivity contribution is -0.384. The zero-order chi connectivity index (χ0) is 46.4. The lowest BCUT2D eigenvalue weighted by Crippen LogP contribution is -2.63. The quantitative estimate of drug-likeness (QED) is 0.0752. The van der Waals surface area contributed by atoms with Gasteiger partial charge >= 0.3 is 5.69 Å². The number of pyridine rings is 2. The van der Waals surface area contributed by atoms with Crippen LogP contribution in [0, 0.1) is 26.9 Å². The highest BCUT2D eigenvalue weighted by atomic mass is 32.2. The molecule has 2 aliphatic carbocycles. The number of rotatable bonds is 13. The second-order valence-electron chi connectivity index (χ2n) is 20.4. The maximum atomic E-state index is 14.0. The molecule has 4 aliphatic rings. The lowest BCUT2D eigenvalue weighted by atomic mass is 9.59. The summed E-state index contributed by atoms with van der Waals surface area (Å²) in [5, 5.41) is 16.1. The minimum Gasteiger partial charge on any atom is -0.455 e. The Labute approximate surface area is 387 Å². The van der Waals surface area contributed by atoms with Crippen LogP contribution in [0.4, 0.5) is 17.2 Å². The second kappa shape index (κ2) is 17.9. The molecule has 2 saturated carbocycles. The fraction of sp³-hybridized carbons (Fsp3) is 0.500. The molecule has 350 valence electrons. The highest BCUT2D eigenvalue weighted by molar-refractivity contribution is 7.90. The number of aromatic nitrogens is 3. The molecular weight excluding hydrogens is 857 g/mol. The molecule has 3 aromatic heterocycles. The minimum atomic E-state index is -4.61. The molecule has 0 unspecified atom stereocenters. The van der Waals surface area contributed by atoms with Crippen molar-refractivity contribution in [2.75, 3.05) is 49.6 Å². The van der Waals surface area contributed by atoms with Crippen molar-refractivity contribution >= 4 is 44.2 Å². The van der Waals surface area contributed by atoms with E-state index in [4.69, 9.17) is 9.47 Å². The molecule has 5 aromatic rings. The van der Waals surface area contributed by atoms with Crippen LogP contribution in [0.5, 0.6) is 11.5 Å². The maximum Gasteiger partial charge on any atom is 0.312 e. The number of piperidine rings is 1. The van der Waals surface area contributed by atoms with Crippen molar-refractivity contribution < 1.29 is 27.6 Å². The standard InChI is InChI=1S/C50H62N8O7S/c1-33(2)40-8-6-7-9-42(40)49(5)32-64-23-22-57(49)37-27-50(28-37)17-20-56(21-18-50)36-10-11-41(44(25-36)65-38-24-35-14-19-51-45(35)53-30-38)47(59)55-66(62,63)39-26-43(58(60)61)46(54-31-39)52-29-34-12-15-48(3,4)16-13-34/h6-11,14,19,24-26,30-31,33-34,37H,12-13,15-18,20-23,27-29,32H2,1-5H3,(H,51,53)(H,52,54)(H,55,59)/t49-/m1/s1. The third kappa shape index (κ3) is 9.23. The van der Waals surface area contributed by atoms with Gasteiger partial charge in [0.15, 0.2) is 0 Å². The number of anilines is 2. The van der Waals surface area contributed by atoms with Crippen molar-refractivity contribution in [2.24, 2.45) is 16.7 Å². The Hall–Kier alpha value is -5.58. The van der Waals surface area contributed by atoms with Gasteiger partial charge in [-0.3, -0.25) is 19.8 Å². The number of nitrogens with zero attached hydrogens (tertiary/aromatic N) is 5. The van der Waals surface area contributed by atoms with Crippen molar-refractivity contribution in [3.05, 3.63) is 106 Å². The highest BCUT2D eigenvalue weighted by Crippen LogP contribution is 2.54. The predicted molar refractivity (Wildman–Crippen MR) is 255 cm³/mol. The van der Waals surface area contributed by atoms with Gasteiger partial charge in [-0.1, -0.05) is 52.0 Å². The highest BCUT2D eigenvalue weighted by Gasteiger charge is 2.52. The summed E-state index contributed by atoms with van der Waals surface area (Å²) in [7, 11) is -4.61. The molecule has 3 N–H and O–H groups in total. The van der Waals surface area contributed by atoms with Crippen LogP contribution in [-0.2, 0) is 20.3 Å². The summed E-state index contributed by atoms with van der Waals surface area (Å²) in [6, 6.07) is 19.0. The SMILES string of the molecule is CC(C)c1ccccc1[C@@]1(C)COCCN1C1CC2(CCN(c3ccc(C(=O)NS(=O)(=O)c4cnc(NCC5CCC(C)(C)CC5)c([N+](=O)[O-])c4)c(Oc4cnc5[nH]ccc5c4)c3)CC2)C1. The van der Waals surface area contributed by atoms with E-state index in [2.05, 4.69) is 93.7 Å². The summed E-state index contributed by atoms with van der Waals surface area (Å²) in [5.41, 5.74) is 4.06.